The van der Waals surface area contributed by atoms with Crippen molar-refractivity contribution in [3.05, 3.63) is 23.5 Å². The highest BCUT2D eigenvalue weighted by Crippen LogP contribution is 2.27. The molecule has 4 nitrogen and oxygen atoms in total. The molecule has 0 spiro atoms. The Morgan fingerprint density at radius 1 is 1.47 bits per heavy atom. The van der Waals surface area contributed by atoms with Gasteiger partial charge in [-0.2, -0.15) is 0 Å². The summed E-state index contributed by atoms with van der Waals surface area (Å²) < 4.78 is 6.84. The van der Waals surface area contributed by atoms with E-state index < -0.39 is 0 Å². The van der Waals surface area contributed by atoms with E-state index in [-0.39, 0.29) is 6.10 Å². The molecule has 2 aromatic heterocycles. The molecule has 1 unspecified atom stereocenters. The van der Waals surface area contributed by atoms with Crippen LogP contribution in [0.2, 0.25) is 0 Å². The lowest BCUT2D eigenvalue weighted by molar-refractivity contribution is 0.0261. The lowest BCUT2D eigenvalue weighted by atomic mass is 10.2. The Morgan fingerprint density at radius 2 is 2.47 bits per heavy atom. The topological polar surface area (TPSA) is 47.0 Å². The third-order valence-corrected chi connectivity index (χ3v) is 3.43. The van der Waals surface area contributed by atoms with Crippen molar-refractivity contribution in [2.75, 3.05) is 19.7 Å². The standard InChI is InChI=1S/C10H11N3OS/c1-4-15-10-7(1)12-6-13-9(10)8-5-11-2-3-14-8/h1,4,6,8,11H,2-3,5H2. The lowest BCUT2D eigenvalue weighted by Crippen LogP contribution is -2.33. The van der Waals surface area contributed by atoms with Crippen molar-refractivity contribution in [3.8, 4) is 0 Å². The molecule has 15 heavy (non-hydrogen) atoms. The van der Waals surface area contributed by atoms with Crippen LogP contribution in [0, 0.1) is 0 Å². The average Bonchev–Trinajstić information content (AvgIpc) is 2.78. The van der Waals surface area contributed by atoms with Crippen LogP contribution in [0.1, 0.15) is 11.8 Å². The van der Waals surface area contributed by atoms with Crippen molar-refractivity contribution >= 4 is 21.6 Å². The van der Waals surface area contributed by atoms with Crippen LogP contribution in [0.15, 0.2) is 17.8 Å². The molecule has 3 rings (SSSR count). The van der Waals surface area contributed by atoms with Crippen LogP contribution >= 0.6 is 11.3 Å². The number of aromatic nitrogens is 2. The maximum atomic E-state index is 5.70. The maximum Gasteiger partial charge on any atom is 0.116 e. The van der Waals surface area contributed by atoms with E-state index in [2.05, 4.69) is 15.3 Å². The normalized spacial score (nSPS) is 22.0. The van der Waals surface area contributed by atoms with Crippen LogP contribution in [0.5, 0.6) is 0 Å². The molecule has 0 aliphatic carbocycles. The number of morpholine rings is 1. The molecule has 3 heterocycles. The highest BCUT2D eigenvalue weighted by Gasteiger charge is 2.20. The number of nitrogens with one attached hydrogen (secondary N) is 1. The molecule has 0 radical (unpaired) electrons. The molecule has 0 saturated carbocycles. The Labute approximate surface area is 91.3 Å². The molecule has 78 valence electrons. The number of ether oxygens (including phenoxy) is 1. The van der Waals surface area contributed by atoms with Crippen molar-refractivity contribution in [1.82, 2.24) is 15.3 Å². The van der Waals surface area contributed by atoms with Gasteiger partial charge in [-0.15, -0.1) is 11.3 Å². The summed E-state index contributed by atoms with van der Waals surface area (Å²) in [6.45, 7) is 2.51. The second-order valence-electron chi connectivity index (χ2n) is 3.46. The first-order valence-corrected chi connectivity index (χ1v) is 5.83. The molecule has 0 aromatic carbocycles. The van der Waals surface area contributed by atoms with E-state index in [9.17, 15) is 0 Å². The molecule has 5 heteroatoms. The van der Waals surface area contributed by atoms with Gasteiger partial charge in [0.15, 0.2) is 0 Å². The van der Waals surface area contributed by atoms with E-state index in [0.717, 1.165) is 35.6 Å². The van der Waals surface area contributed by atoms with Crippen LogP contribution in [0.4, 0.5) is 0 Å². The fourth-order valence-electron chi connectivity index (χ4n) is 1.78. The Hall–Kier alpha value is -1.04. The summed E-state index contributed by atoms with van der Waals surface area (Å²) in [5, 5.41) is 5.35. The smallest absolute Gasteiger partial charge is 0.116 e. The van der Waals surface area contributed by atoms with Crippen LogP contribution in [0.25, 0.3) is 10.2 Å². The molecule has 1 saturated heterocycles. The van der Waals surface area contributed by atoms with Gasteiger partial charge in [0.05, 0.1) is 22.5 Å². The van der Waals surface area contributed by atoms with E-state index in [0.29, 0.717) is 0 Å². The first-order valence-electron chi connectivity index (χ1n) is 4.95. The number of fused-ring (bicyclic) bond motifs is 1. The number of hydrogen-bond donors (Lipinski definition) is 1. The van der Waals surface area contributed by atoms with Gasteiger partial charge in [-0.25, -0.2) is 9.97 Å². The third kappa shape index (κ3) is 1.62. The molecule has 2 aromatic rings. The molecule has 1 aliphatic rings. The predicted molar refractivity (Wildman–Crippen MR) is 59.0 cm³/mol. The minimum absolute atomic E-state index is 0.0721. The SMILES string of the molecule is c1nc(C2CNCCO2)c2sccc2n1. The zero-order valence-corrected chi connectivity index (χ0v) is 8.96. The Morgan fingerprint density at radius 3 is 3.33 bits per heavy atom. The zero-order chi connectivity index (χ0) is 10.1. The molecule has 1 N–H and O–H groups in total. The van der Waals surface area contributed by atoms with E-state index in [1.165, 1.54) is 0 Å². The van der Waals surface area contributed by atoms with Gasteiger partial charge in [0.2, 0.25) is 0 Å². The quantitative estimate of drug-likeness (QED) is 0.789. The van der Waals surface area contributed by atoms with Gasteiger partial charge in [-0.05, 0) is 11.4 Å². The minimum atomic E-state index is 0.0721. The fourth-order valence-corrected chi connectivity index (χ4v) is 2.66. The highest BCUT2D eigenvalue weighted by molar-refractivity contribution is 7.17. The molecular weight excluding hydrogens is 210 g/mol. The molecule has 1 aliphatic heterocycles. The molecule has 0 amide bonds. The summed E-state index contributed by atoms with van der Waals surface area (Å²) in [6, 6.07) is 2.02. The largest absolute Gasteiger partial charge is 0.369 e. The lowest BCUT2D eigenvalue weighted by Gasteiger charge is -2.23. The summed E-state index contributed by atoms with van der Waals surface area (Å²) in [5.74, 6) is 0. The van der Waals surface area contributed by atoms with Crippen molar-refractivity contribution < 1.29 is 4.74 Å². The second-order valence-corrected chi connectivity index (χ2v) is 4.37. The Bertz CT molecular complexity index is 464. The van der Waals surface area contributed by atoms with Crippen LogP contribution < -0.4 is 5.32 Å². The van der Waals surface area contributed by atoms with Crippen LogP contribution in [-0.4, -0.2) is 29.7 Å². The first-order chi connectivity index (χ1) is 7.45. The van der Waals surface area contributed by atoms with E-state index in [1.807, 2.05) is 11.4 Å². The Balaban J connectivity index is 2.05. The molecule has 1 fully saturated rings. The maximum absolute atomic E-state index is 5.70. The third-order valence-electron chi connectivity index (χ3n) is 2.50. The van der Waals surface area contributed by atoms with Crippen molar-refractivity contribution in [2.24, 2.45) is 0 Å². The van der Waals surface area contributed by atoms with Gasteiger partial charge in [0.25, 0.3) is 0 Å². The number of nitrogens with zero attached hydrogens (tertiary/aromatic N) is 2. The Kier molecular flexibility index (Phi) is 2.36. The van der Waals surface area contributed by atoms with E-state index >= 15 is 0 Å². The minimum Gasteiger partial charge on any atom is -0.369 e. The van der Waals surface area contributed by atoms with E-state index in [4.69, 9.17) is 4.74 Å². The van der Waals surface area contributed by atoms with Crippen molar-refractivity contribution in [1.29, 1.82) is 0 Å². The van der Waals surface area contributed by atoms with Gasteiger partial charge in [0.1, 0.15) is 12.4 Å². The first kappa shape index (κ1) is 9.21. The van der Waals surface area contributed by atoms with Crippen LogP contribution in [-0.2, 0) is 4.74 Å². The van der Waals surface area contributed by atoms with Crippen LogP contribution in [0.3, 0.4) is 0 Å². The fraction of sp³-hybridized carbons (Fsp3) is 0.400. The monoisotopic (exact) mass is 221 g/mol. The van der Waals surface area contributed by atoms with Crippen molar-refractivity contribution in [2.45, 2.75) is 6.10 Å². The average molecular weight is 221 g/mol. The van der Waals surface area contributed by atoms with Gasteiger partial charge in [-0.3, -0.25) is 0 Å². The summed E-state index contributed by atoms with van der Waals surface area (Å²) >= 11 is 1.67. The zero-order valence-electron chi connectivity index (χ0n) is 8.14. The van der Waals surface area contributed by atoms with Crippen molar-refractivity contribution in [3.63, 3.8) is 0 Å². The van der Waals surface area contributed by atoms with Gasteiger partial charge in [0, 0.05) is 13.1 Å². The summed E-state index contributed by atoms with van der Waals surface area (Å²) in [6.07, 6.45) is 1.69. The molecule has 1 atom stereocenters. The number of hydrogen-bond acceptors (Lipinski definition) is 5. The number of thiophene rings is 1. The summed E-state index contributed by atoms with van der Waals surface area (Å²) in [5.41, 5.74) is 2.03. The van der Waals surface area contributed by atoms with Gasteiger partial charge in [-0.1, -0.05) is 0 Å². The van der Waals surface area contributed by atoms with Gasteiger partial charge < -0.3 is 10.1 Å². The summed E-state index contributed by atoms with van der Waals surface area (Å²) in [4.78, 5) is 8.56. The summed E-state index contributed by atoms with van der Waals surface area (Å²) in [7, 11) is 0. The highest BCUT2D eigenvalue weighted by atomic mass is 32.1. The second kappa shape index (κ2) is 3.84. The predicted octanol–water partition coefficient (Wildman–Crippen LogP) is 1.35. The number of rotatable bonds is 1. The van der Waals surface area contributed by atoms with E-state index in [1.54, 1.807) is 17.7 Å². The molecule has 0 bridgehead atoms. The van der Waals surface area contributed by atoms with Gasteiger partial charge >= 0.3 is 0 Å². The molecular formula is C10H11N3OS.